The zero-order valence-corrected chi connectivity index (χ0v) is 16.1. The summed E-state index contributed by atoms with van der Waals surface area (Å²) in [6.45, 7) is 2.68. The number of amides is 7. The topological polar surface area (TPSA) is 128 Å². The number of hydrogen-bond donors (Lipinski definition) is 3. The molecular formula is C19H21N5O5. The van der Waals surface area contributed by atoms with Crippen molar-refractivity contribution in [2.75, 3.05) is 6.54 Å². The third-order valence-electron chi connectivity index (χ3n) is 5.93. The summed E-state index contributed by atoms with van der Waals surface area (Å²) >= 11 is 0. The quantitative estimate of drug-likeness (QED) is 0.620. The Kier molecular flexibility index (Phi) is 4.10. The Morgan fingerprint density at radius 1 is 1.10 bits per heavy atom. The second kappa shape index (κ2) is 6.29. The fraction of sp³-hybridized carbons (Fsp3) is 0.421. The molecule has 4 rings (SSSR count). The molecule has 2 heterocycles. The largest absolute Gasteiger partial charge is 0.344 e. The van der Waals surface area contributed by atoms with E-state index >= 15 is 0 Å². The van der Waals surface area contributed by atoms with E-state index in [1.165, 1.54) is 0 Å². The lowest BCUT2D eigenvalue weighted by Crippen LogP contribution is -2.52. The summed E-state index contributed by atoms with van der Waals surface area (Å²) in [6.07, 6.45) is 1.40. The molecular weight excluding hydrogens is 378 g/mol. The number of nitrogens with one attached hydrogen (secondary N) is 3. The van der Waals surface area contributed by atoms with Gasteiger partial charge in [0.25, 0.3) is 17.7 Å². The molecule has 1 spiro atoms. The first-order chi connectivity index (χ1) is 13.7. The van der Waals surface area contributed by atoms with Gasteiger partial charge in [0, 0.05) is 0 Å². The van der Waals surface area contributed by atoms with Crippen molar-refractivity contribution in [3.8, 4) is 0 Å². The Morgan fingerprint density at radius 3 is 2.52 bits per heavy atom. The molecule has 0 aromatic heterocycles. The molecule has 3 aliphatic rings. The lowest BCUT2D eigenvalue weighted by molar-refractivity contribution is -0.140. The van der Waals surface area contributed by atoms with Crippen LogP contribution < -0.4 is 16.1 Å². The van der Waals surface area contributed by atoms with Gasteiger partial charge in [-0.05, 0) is 37.3 Å². The number of hydrogen-bond acceptors (Lipinski definition) is 5. The molecule has 1 aromatic rings. The standard InChI is InChI=1S/C19H21N5O5/c1-3-18(2)14(26)24(17(29)20-18)22-13(25)10-23-15(27)19(21-16(23)28)9-8-11-6-4-5-7-12(11)19/h4-7H,3,8-10H2,1-2H3,(H,20,29)(H,21,28)(H,22,25). The molecule has 7 amide bonds. The fourth-order valence-corrected chi connectivity index (χ4v) is 4.06. The van der Waals surface area contributed by atoms with Crippen molar-refractivity contribution in [1.29, 1.82) is 0 Å². The molecule has 152 valence electrons. The Morgan fingerprint density at radius 2 is 1.83 bits per heavy atom. The van der Waals surface area contributed by atoms with E-state index in [0.717, 1.165) is 16.0 Å². The van der Waals surface area contributed by atoms with E-state index in [1.54, 1.807) is 26.0 Å². The Hall–Kier alpha value is -3.43. The van der Waals surface area contributed by atoms with Gasteiger partial charge in [0.05, 0.1) is 0 Å². The number of carbonyl (C=O) groups excluding carboxylic acids is 5. The molecule has 2 unspecified atom stereocenters. The van der Waals surface area contributed by atoms with E-state index in [9.17, 15) is 24.0 Å². The number of nitrogens with zero attached hydrogens (tertiary/aromatic N) is 2. The number of fused-ring (bicyclic) bond motifs is 2. The van der Waals surface area contributed by atoms with Gasteiger partial charge in [-0.1, -0.05) is 31.2 Å². The summed E-state index contributed by atoms with van der Waals surface area (Å²) in [5.41, 5.74) is 1.62. The van der Waals surface area contributed by atoms with Gasteiger partial charge < -0.3 is 10.6 Å². The number of aryl methyl sites for hydroxylation is 1. The number of urea groups is 2. The first-order valence-electron chi connectivity index (χ1n) is 9.40. The van der Waals surface area contributed by atoms with Gasteiger partial charge in [-0.25, -0.2) is 9.59 Å². The predicted molar refractivity (Wildman–Crippen MR) is 98.9 cm³/mol. The van der Waals surface area contributed by atoms with Gasteiger partial charge in [0.1, 0.15) is 17.6 Å². The van der Waals surface area contributed by atoms with Crippen molar-refractivity contribution < 1.29 is 24.0 Å². The van der Waals surface area contributed by atoms with E-state index < -0.39 is 47.4 Å². The van der Waals surface area contributed by atoms with E-state index in [2.05, 4.69) is 16.1 Å². The number of benzene rings is 1. The highest BCUT2D eigenvalue weighted by atomic mass is 16.2. The summed E-state index contributed by atoms with van der Waals surface area (Å²) in [4.78, 5) is 63.2. The second-order valence-electron chi connectivity index (χ2n) is 7.68. The van der Waals surface area contributed by atoms with Crippen LogP contribution in [0.4, 0.5) is 9.59 Å². The molecule has 10 heteroatoms. The minimum Gasteiger partial charge on any atom is -0.322 e. The van der Waals surface area contributed by atoms with E-state index in [1.807, 2.05) is 12.1 Å². The van der Waals surface area contributed by atoms with Crippen LogP contribution in [0.1, 0.15) is 37.8 Å². The summed E-state index contributed by atoms with van der Waals surface area (Å²) < 4.78 is 0. The van der Waals surface area contributed by atoms with Crippen molar-refractivity contribution in [2.45, 2.75) is 44.2 Å². The zero-order chi connectivity index (χ0) is 21.0. The molecule has 0 bridgehead atoms. The zero-order valence-electron chi connectivity index (χ0n) is 16.1. The fourth-order valence-electron chi connectivity index (χ4n) is 4.06. The molecule has 1 aliphatic carbocycles. The lowest BCUT2D eigenvalue weighted by Gasteiger charge is -2.22. The highest BCUT2D eigenvalue weighted by Gasteiger charge is 2.56. The maximum absolute atomic E-state index is 13.1. The summed E-state index contributed by atoms with van der Waals surface area (Å²) in [5, 5.41) is 5.82. The number of rotatable bonds is 4. The Bertz CT molecular complexity index is 962. The van der Waals surface area contributed by atoms with Crippen LogP contribution in [0, 0.1) is 0 Å². The number of carbonyl (C=O) groups is 5. The summed E-state index contributed by atoms with van der Waals surface area (Å²) in [7, 11) is 0. The molecule has 2 saturated heterocycles. The van der Waals surface area contributed by atoms with Crippen LogP contribution in [-0.4, -0.2) is 51.8 Å². The maximum Gasteiger partial charge on any atom is 0.344 e. The molecule has 0 saturated carbocycles. The Balaban J connectivity index is 1.49. The van der Waals surface area contributed by atoms with Crippen LogP contribution in [0.15, 0.2) is 24.3 Å². The van der Waals surface area contributed by atoms with Crippen molar-refractivity contribution in [3.63, 3.8) is 0 Å². The molecule has 1 aromatic carbocycles. The van der Waals surface area contributed by atoms with Crippen LogP contribution >= 0.6 is 0 Å². The molecule has 2 atom stereocenters. The molecule has 29 heavy (non-hydrogen) atoms. The third kappa shape index (κ3) is 2.66. The van der Waals surface area contributed by atoms with Gasteiger partial charge in [0.15, 0.2) is 0 Å². The van der Waals surface area contributed by atoms with E-state index in [0.29, 0.717) is 24.3 Å². The molecule has 3 N–H and O–H groups in total. The highest BCUT2D eigenvalue weighted by Crippen LogP contribution is 2.41. The predicted octanol–water partition coefficient (Wildman–Crippen LogP) is 0.132. The summed E-state index contributed by atoms with van der Waals surface area (Å²) in [6, 6.07) is 5.92. The van der Waals surface area contributed by atoms with Gasteiger partial charge in [-0.15, -0.1) is 0 Å². The first-order valence-corrected chi connectivity index (χ1v) is 9.40. The van der Waals surface area contributed by atoms with Gasteiger partial charge in [-0.2, -0.15) is 5.01 Å². The third-order valence-corrected chi connectivity index (χ3v) is 5.93. The van der Waals surface area contributed by atoms with Crippen LogP contribution in [-0.2, 0) is 26.3 Å². The van der Waals surface area contributed by atoms with Gasteiger partial charge >= 0.3 is 12.1 Å². The van der Waals surface area contributed by atoms with Crippen molar-refractivity contribution in [2.24, 2.45) is 0 Å². The van der Waals surface area contributed by atoms with Crippen LogP contribution in [0.25, 0.3) is 0 Å². The van der Waals surface area contributed by atoms with Crippen molar-refractivity contribution in [1.82, 2.24) is 26.0 Å². The van der Waals surface area contributed by atoms with Gasteiger partial charge in [-0.3, -0.25) is 24.7 Å². The lowest BCUT2D eigenvalue weighted by atomic mass is 9.92. The number of imide groups is 2. The molecule has 0 radical (unpaired) electrons. The minimum atomic E-state index is -1.17. The smallest absolute Gasteiger partial charge is 0.322 e. The van der Waals surface area contributed by atoms with Crippen molar-refractivity contribution in [3.05, 3.63) is 35.4 Å². The van der Waals surface area contributed by atoms with Crippen LogP contribution in [0.5, 0.6) is 0 Å². The second-order valence-corrected chi connectivity index (χ2v) is 7.68. The average molecular weight is 399 g/mol. The number of hydrazine groups is 1. The Labute approximate surface area is 166 Å². The van der Waals surface area contributed by atoms with Gasteiger partial charge in [0.2, 0.25) is 0 Å². The molecule has 2 aliphatic heterocycles. The monoisotopic (exact) mass is 399 g/mol. The maximum atomic E-state index is 13.1. The van der Waals surface area contributed by atoms with Crippen LogP contribution in [0.2, 0.25) is 0 Å². The normalized spacial score (nSPS) is 28.1. The first kappa shape index (κ1) is 18.9. The van der Waals surface area contributed by atoms with E-state index in [-0.39, 0.29) is 0 Å². The van der Waals surface area contributed by atoms with E-state index in [4.69, 9.17) is 0 Å². The molecule has 10 nitrogen and oxygen atoms in total. The van der Waals surface area contributed by atoms with Crippen LogP contribution in [0.3, 0.4) is 0 Å². The SMILES string of the molecule is CCC1(C)NC(=O)N(NC(=O)CN2C(=O)NC3(CCc4ccccc43)C2=O)C1=O. The molecule has 2 fully saturated rings. The summed E-state index contributed by atoms with van der Waals surface area (Å²) in [5.74, 6) is -1.93. The highest BCUT2D eigenvalue weighted by molar-refractivity contribution is 6.11. The van der Waals surface area contributed by atoms with Crippen molar-refractivity contribution >= 4 is 29.8 Å². The minimum absolute atomic E-state index is 0.346. The average Bonchev–Trinajstić information content (AvgIpc) is 3.26.